The molecule has 4 rings (SSSR count). The monoisotopic (exact) mass is 491 g/mol. The number of hydrogen-bond donors (Lipinski definition) is 1. The minimum absolute atomic E-state index is 0.195. The highest BCUT2D eigenvalue weighted by molar-refractivity contribution is 5.93. The number of carbonyl (C=O) groups excluding carboxylic acids is 1. The molecular formula is C29H38FN5O. The highest BCUT2D eigenvalue weighted by Crippen LogP contribution is 2.24. The topological polar surface area (TPSA) is 53.4 Å². The van der Waals surface area contributed by atoms with Crippen molar-refractivity contribution in [3.8, 4) is 5.69 Å². The zero-order valence-electron chi connectivity index (χ0n) is 22.0. The molecule has 7 heteroatoms. The number of para-hydroxylation sites is 1. The third kappa shape index (κ3) is 5.62. The van der Waals surface area contributed by atoms with Crippen molar-refractivity contribution in [2.75, 3.05) is 44.2 Å². The number of hydrogen-bond acceptors (Lipinski definition) is 4. The largest absolute Gasteiger partial charge is 0.369 e. The maximum absolute atomic E-state index is 14.5. The normalized spacial score (nSPS) is 14.3. The van der Waals surface area contributed by atoms with Crippen LogP contribution < -0.4 is 10.2 Å². The van der Waals surface area contributed by atoms with Crippen molar-refractivity contribution >= 4 is 11.6 Å². The van der Waals surface area contributed by atoms with Crippen LogP contribution in [0.25, 0.3) is 5.69 Å². The van der Waals surface area contributed by atoms with Crippen LogP contribution in [0.2, 0.25) is 0 Å². The number of nitrogens with zero attached hydrogens (tertiary/aromatic N) is 4. The van der Waals surface area contributed by atoms with Gasteiger partial charge in [-0.1, -0.05) is 31.2 Å². The Morgan fingerprint density at radius 1 is 1.00 bits per heavy atom. The second-order valence-electron chi connectivity index (χ2n) is 9.66. The Morgan fingerprint density at radius 2 is 1.72 bits per heavy atom. The molecule has 1 saturated heterocycles. The van der Waals surface area contributed by atoms with Crippen molar-refractivity contribution in [2.24, 2.45) is 0 Å². The minimum atomic E-state index is -0.319. The molecule has 1 aromatic heterocycles. The van der Waals surface area contributed by atoms with E-state index < -0.39 is 0 Å². The van der Waals surface area contributed by atoms with E-state index in [1.54, 1.807) is 22.8 Å². The smallest absolute Gasteiger partial charge is 0.271 e. The lowest BCUT2D eigenvalue weighted by atomic mass is 10.1. The third-order valence-electron chi connectivity index (χ3n) is 7.18. The second kappa shape index (κ2) is 11.7. The Morgan fingerprint density at radius 3 is 2.44 bits per heavy atom. The van der Waals surface area contributed by atoms with Gasteiger partial charge in [0.2, 0.25) is 0 Å². The summed E-state index contributed by atoms with van der Waals surface area (Å²) >= 11 is 0. The molecule has 3 aromatic rings. The van der Waals surface area contributed by atoms with E-state index in [-0.39, 0.29) is 11.7 Å². The van der Waals surface area contributed by atoms with Gasteiger partial charge in [0, 0.05) is 44.8 Å². The average Bonchev–Trinajstić information content (AvgIpc) is 3.20. The lowest BCUT2D eigenvalue weighted by Crippen LogP contribution is -2.47. The van der Waals surface area contributed by atoms with E-state index in [4.69, 9.17) is 0 Å². The molecule has 36 heavy (non-hydrogen) atoms. The van der Waals surface area contributed by atoms with Crippen molar-refractivity contribution in [3.63, 3.8) is 0 Å². The van der Waals surface area contributed by atoms with Crippen LogP contribution in [-0.2, 0) is 6.42 Å². The highest BCUT2D eigenvalue weighted by atomic mass is 19.1. The van der Waals surface area contributed by atoms with E-state index in [2.05, 4.69) is 59.1 Å². The van der Waals surface area contributed by atoms with E-state index in [9.17, 15) is 9.18 Å². The van der Waals surface area contributed by atoms with Crippen molar-refractivity contribution < 1.29 is 9.18 Å². The molecule has 192 valence electrons. The fraction of sp³-hybridized carbons (Fsp3) is 0.448. The summed E-state index contributed by atoms with van der Waals surface area (Å²) in [6.07, 6.45) is 2.42. The number of rotatable bonds is 9. The molecule has 0 radical (unpaired) electrons. The number of halogens is 1. The molecule has 6 nitrogen and oxygen atoms in total. The average molecular weight is 492 g/mol. The third-order valence-corrected chi connectivity index (χ3v) is 7.18. The minimum Gasteiger partial charge on any atom is -0.369 e. The Kier molecular flexibility index (Phi) is 8.41. The summed E-state index contributed by atoms with van der Waals surface area (Å²) in [5.74, 6) is 0.201. The van der Waals surface area contributed by atoms with E-state index in [0.29, 0.717) is 35.9 Å². The predicted molar refractivity (Wildman–Crippen MR) is 144 cm³/mol. The molecule has 1 aliphatic rings. The summed E-state index contributed by atoms with van der Waals surface area (Å²) in [4.78, 5) is 22.5. The van der Waals surface area contributed by atoms with Crippen LogP contribution in [0.4, 0.5) is 10.1 Å². The number of carbonyl (C=O) groups is 1. The molecule has 0 atom stereocenters. The lowest BCUT2D eigenvalue weighted by Gasteiger charge is -2.37. The van der Waals surface area contributed by atoms with Gasteiger partial charge in [-0.25, -0.2) is 9.37 Å². The fourth-order valence-electron chi connectivity index (χ4n) is 5.00. The van der Waals surface area contributed by atoms with Crippen molar-refractivity contribution in [3.05, 3.63) is 76.6 Å². The maximum Gasteiger partial charge on any atom is 0.271 e. The number of amides is 1. The molecule has 1 fully saturated rings. The molecule has 2 aromatic carbocycles. The molecular weight excluding hydrogens is 453 g/mol. The lowest BCUT2D eigenvalue weighted by molar-refractivity contribution is 0.0946. The first kappa shape index (κ1) is 25.9. The van der Waals surface area contributed by atoms with Gasteiger partial charge in [0.25, 0.3) is 5.91 Å². The molecule has 0 bridgehead atoms. The summed E-state index contributed by atoms with van der Waals surface area (Å²) in [5, 5.41) is 3.03. The van der Waals surface area contributed by atoms with Gasteiger partial charge in [-0.05, 0) is 69.5 Å². The van der Waals surface area contributed by atoms with Gasteiger partial charge in [0.05, 0.1) is 11.4 Å². The van der Waals surface area contributed by atoms with Crippen molar-refractivity contribution in [1.82, 2.24) is 19.8 Å². The first-order valence-electron chi connectivity index (χ1n) is 13.1. The first-order valence-corrected chi connectivity index (χ1v) is 13.1. The number of aromatic nitrogens is 2. The van der Waals surface area contributed by atoms with Crippen molar-refractivity contribution in [2.45, 2.75) is 47.0 Å². The summed E-state index contributed by atoms with van der Waals surface area (Å²) < 4.78 is 16.3. The maximum atomic E-state index is 14.5. The second-order valence-corrected chi connectivity index (χ2v) is 9.66. The standard InChI is InChI=1S/C29H38FN5O/c1-5-10-27-32-28(23(4)35(27)26-13-7-6-12-24(26)30)29(36)31-15-9-16-33-17-19-34(20-18-33)25-14-8-11-21(2)22(25)3/h6-8,11-14H,5,9-10,15-20H2,1-4H3,(H,31,36). The summed E-state index contributed by atoms with van der Waals surface area (Å²) in [6, 6.07) is 13.2. The zero-order valence-corrected chi connectivity index (χ0v) is 22.0. The van der Waals surface area contributed by atoms with Crippen LogP contribution in [0.5, 0.6) is 0 Å². The fourth-order valence-corrected chi connectivity index (χ4v) is 5.00. The Labute approximate surface area is 214 Å². The summed E-state index contributed by atoms with van der Waals surface area (Å²) in [7, 11) is 0. The van der Waals surface area contributed by atoms with E-state index in [1.165, 1.54) is 22.9 Å². The predicted octanol–water partition coefficient (Wildman–Crippen LogP) is 4.83. The van der Waals surface area contributed by atoms with E-state index in [1.807, 2.05) is 6.92 Å². The number of benzene rings is 2. The Hall–Kier alpha value is -3.19. The van der Waals surface area contributed by atoms with Crippen LogP contribution in [-0.4, -0.2) is 59.6 Å². The SMILES string of the molecule is CCCc1nc(C(=O)NCCCN2CCN(c3cccc(C)c3C)CC2)c(C)n1-c1ccccc1F. The quantitative estimate of drug-likeness (QED) is 0.436. The van der Waals surface area contributed by atoms with Crippen molar-refractivity contribution in [1.29, 1.82) is 0 Å². The van der Waals surface area contributed by atoms with Gasteiger partial charge in [-0.15, -0.1) is 0 Å². The van der Waals surface area contributed by atoms with E-state index in [0.717, 1.165) is 45.6 Å². The van der Waals surface area contributed by atoms with Gasteiger partial charge in [0.1, 0.15) is 17.3 Å². The van der Waals surface area contributed by atoms with Gasteiger partial charge in [-0.2, -0.15) is 0 Å². The first-order chi connectivity index (χ1) is 17.4. The zero-order chi connectivity index (χ0) is 25.7. The van der Waals surface area contributed by atoms with Crippen LogP contribution in [0.3, 0.4) is 0 Å². The van der Waals surface area contributed by atoms with Crippen LogP contribution in [0.15, 0.2) is 42.5 Å². The van der Waals surface area contributed by atoms with Crippen LogP contribution >= 0.6 is 0 Å². The molecule has 0 aliphatic carbocycles. The number of imidazole rings is 1. The van der Waals surface area contributed by atoms with Crippen LogP contribution in [0.1, 0.15) is 52.9 Å². The van der Waals surface area contributed by atoms with Gasteiger partial charge in [-0.3, -0.25) is 14.3 Å². The van der Waals surface area contributed by atoms with Gasteiger partial charge < -0.3 is 10.2 Å². The van der Waals surface area contributed by atoms with E-state index >= 15 is 0 Å². The molecule has 0 unspecified atom stereocenters. The number of anilines is 1. The molecule has 1 amide bonds. The van der Waals surface area contributed by atoms with Gasteiger partial charge in [0.15, 0.2) is 0 Å². The summed E-state index contributed by atoms with van der Waals surface area (Å²) in [6.45, 7) is 13.9. The Bertz CT molecular complexity index is 1200. The molecule has 0 saturated carbocycles. The number of piperazine rings is 1. The Balaban J connectivity index is 1.30. The van der Waals surface area contributed by atoms with Crippen LogP contribution in [0, 0.1) is 26.6 Å². The number of nitrogens with one attached hydrogen (secondary N) is 1. The molecule has 1 N–H and O–H groups in total. The summed E-state index contributed by atoms with van der Waals surface area (Å²) in [5.41, 5.74) is 5.52. The van der Waals surface area contributed by atoms with Gasteiger partial charge >= 0.3 is 0 Å². The molecule has 2 heterocycles. The number of aryl methyl sites for hydroxylation is 2. The highest BCUT2D eigenvalue weighted by Gasteiger charge is 2.22. The molecule has 0 spiro atoms. The molecule has 1 aliphatic heterocycles.